The second-order valence-corrected chi connectivity index (χ2v) is 6.91. The van der Waals surface area contributed by atoms with Crippen molar-refractivity contribution < 1.29 is 14.3 Å². The van der Waals surface area contributed by atoms with Gasteiger partial charge in [0.25, 0.3) is 0 Å². The minimum absolute atomic E-state index is 0.223. The molecular weight excluding hydrogens is 286 g/mol. The van der Waals surface area contributed by atoms with Crippen molar-refractivity contribution in [3.05, 3.63) is 18.1 Å². The Morgan fingerprint density at radius 3 is 3.05 bits per heavy atom. The zero-order chi connectivity index (χ0) is 15.3. The lowest BCUT2D eigenvalue weighted by Gasteiger charge is -2.32. The highest BCUT2D eigenvalue weighted by atomic mass is 32.2. The standard InChI is InChI=1S/C16H25NO3S/c1-3-9-17-16(15(18)19)8-4-5-13(16)7-11-21-14-6-10-20-12(14)2/h6,10,13,17H,3-5,7-9,11H2,1-2H3,(H,18,19). The molecule has 21 heavy (non-hydrogen) atoms. The largest absolute Gasteiger partial charge is 0.480 e. The van der Waals surface area contributed by atoms with Crippen molar-refractivity contribution in [1.29, 1.82) is 0 Å². The normalized spacial score (nSPS) is 25.3. The number of hydrogen-bond acceptors (Lipinski definition) is 4. The van der Waals surface area contributed by atoms with Gasteiger partial charge in [0.15, 0.2) is 0 Å². The first-order valence-electron chi connectivity index (χ1n) is 7.75. The summed E-state index contributed by atoms with van der Waals surface area (Å²) in [5, 5.41) is 13.0. The zero-order valence-electron chi connectivity index (χ0n) is 12.9. The molecule has 118 valence electrons. The average Bonchev–Trinajstić information content (AvgIpc) is 3.04. The zero-order valence-corrected chi connectivity index (χ0v) is 13.7. The predicted molar refractivity (Wildman–Crippen MR) is 84.8 cm³/mol. The van der Waals surface area contributed by atoms with E-state index >= 15 is 0 Å². The summed E-state index contributed by atoms with van der Waals surface area (Å²) in [7, 11) is 0. The van der Waals surface area contributed by atoms with E-state index < -0.39 is 11.5 Å². The second kappa shape index (κ2) is 7.36. The summed E-state index contributed by atoms with van der Waals surface area (Å²) in [5.41, 5.74) is -0.706. The second-order valence-electron chi connectivity index (χ2n) is 5.77. The fourth-order valence-electron chi connectivity index (χ4n) is 3.24. The minimum atomic E-state index is -0.706. The van der Waals surface area contributed by atoms with Gasteiger partial charge in [-0.3, -0.25) is 4.79 Å². The van der Waals surface area contributed by atoms with Crippen LogP contribution in [0.25, 0.3) is 0 Å². The number of carboxylic acid groups (broad SMARTS) is 1. The maximum atomic E-state index is 11.8. The van der Waals surface area contributed by atoms with Gasteiger partial charge in [-0.15, -0.1) is 11.8 Å². The number of aliphatic carboxylic acids is 1. The Morgan fingerprint density at radius 1 is 1.62 bits per heavy atom. The molecule has 0 amide bonds. The molecule has 2 N–H and O–H groups in total. The Morgan fingerprint density at radius 2 is 2.43 bits per heavy atom. The first kappa shape index (κ1) is 16.4. The molecule has 1 fully saturated rings. The Hall–Kier alpha value is -0.940. The van der Waals surface area contributed by atoms with Gasteiger partial charge in [0, 0.05) is 4.90 Å². The van der Waals surface area contributed by atoms with E-state index in [0.717, 1.165) is 55.1 Å². The van der Waals surface area contributed by atoms with Gasteiger partial charge < -0.3 is 14.8 Å². The fraction of sp³-hybridized carbons (Fsp3) is 0.688. The average molecular weight is 311 g/mol. The van der Waals surface area contributed by atoms with Gasteiger partial charge in [0.1, 0.15) is 11.3 Å². The Balaban J connectivity index is 1.93. The molecule has 1 aliphatic carbocycles. The Labute approximate surface area is 130 Å². The third kappa shape index (κ3) is 3.64. The van der Waals surface area contributed by atoms with E-state index in [2.05, 4.69) is 12.2 Å². The van der Waals surface area contributed by atoms with Gasteiger partial charge in [-0.05, 0) is 56.9 Å². The van der Waals surface area contributed by atoms with E-state index in [1.165, 1.54) is 0 Å². The maximum Gasteiger partial charge on any atom is 0.324 e. The third-order valence-corrected chi connectivity index (χ3v) is 5.60. The monoisotopic (exact) mass is 311 g/mol. The molecule has 1 saturated carbocycles. The van der Waals surface area contributed by atoms with Gasteiger partial charge in [0.2, 0.25) is 0 Å². The van der Waals surface area contributed by atoms with Crippen LogP contribution in [-0.4, -0.2) is 28.9 Å². The molecule has 0 saturated heterocycles. The first-order valence-corrected chi connectivity index (χ1v) is 8.74. The third-order valence-electron chi connectivity index (χ3n) is 4.43. The SMILES string of the molecule is CCCNC1(C(=O)O)CCCC1CCSc1ccoc1C. The van der Waals surface area contributed by atoms with E-state index in [1.807, 2.05) is 13.0 Å². The number of carboxylic acids is 1. The van der Waals surface area contributed by atoms with Crippen LogP contribution in [0.3, 0.4) is 0 Å². The number of thioether (sulfide) groups is 1. The number of hydrogen-bond donors (Lipinski definition) is 2. The number of aryl methyl sites for hydroxylation is 1. The summed E-state index contributed by atoms with van der Waals surface area (Å²) in [6.07, 6.45) is 6.36. The highest BCUT2D eigenvalue weighted by Crippen LogP contribution is 2.39. The molecule has 1 aliphatic rings. The summed E-state index contributed by atoms with van der Waals surface area (Å²) < 4.78 is 5.29. The van der Waals surface area contributed by atoms with Crippen molar-refractivity contribution in [3.63, 3.8) is 0 Å². The van der Waals surface area contributed by atoms with Gasteiger partial charge in [0.05, 0.1) is 6.26 Å². The van der Waals surface area contributed by atoms with Crippen molar-refractivity contribution >= 4 is 17.7 Å². The first-order chi connectivity index (χ1) is 10.1. The van der Waals surface area contributed by atoms with E-state index in [9.17, 15) is 9.90 Å². The van der Waals surface area contributed by atoms with E-state index in [4.69, 9.17) is 4.42 Å². The lowest BCUT2D eigenvalue weighted by atomic mass is 9.85. The molecule has 2 unspecified atom stereocenters. The summed E-state index contributed by atoms with van der Waals surface area (Å²) in [6.45, 7) is 4.81. The highest BCUT2D eigenvalue weighted by molar-refractivity contribution is 7.99. The summed E-state index contributed by atoms with van der Waals surface area (Å²) in [4.78, 5) is 13.0. The number of rotatable bonds is 8. The molecule has 4 nitrogen and oxygen atoms in total. The maximum absolute atomic E-state index is 11.8. The summed E-state index contributed by atoms with van der Waals surface area (Å²) >= 11 is 1.76. The van der Waals surface area contributed by atoms with Crippen LogP contribution in [0.5, 0.6) is 0 Å². The molecule has 0 radical (unpaired) electrons. The van der Waals surface area contributed by atoms with E-state index in [-0.39, 0.29) is 5.92 Å². The van der Waals surface area contributed by atoms with Crippen LogP contribution < -0.4 is 5.32 Å². The van der Waals surface area contributed by atoms with Crippen LogP contribution in [0.1, 0.15) is 44.8 Å². The van der Waals surface area contributed by atoms with Crippen molar-refractivity contribution in [3.8, 4) is 0 Å². The van der Waals surface area contributed by atoms with Gasteiger partial charge in [-0.25, -0.2) is 0 Å². The summed E-state index contributed by atoms with van der Waals surface area (Å²) in [6, 6.07) is 1.98. The van der Waals surface area contributed by atoms with Crippen LogP contribution in [0.4, 0.5) is 0 Å². The molecule has 0 bridgehead atoms. The number of carbonyl (C=O) groups is 1. The Kier molecular flexibility index (Phi) is 5.76. The fourth-order valence-corrected chi connectivity index (χ4v) is 4.27. The highest BCUT2D eigenvalue weighted by Gasteiger charge is 2.48. The van der Waals surface area contributed by atoms with Crippen LogP contribution in [0.2, 0.25) is 0 Å². The lowest BCUT2D eigenvalue weighted by molar-refractivity contribution is -0.146. The molecule has 2 atom stereocenters. The molecule has 5 heteroatoms. The molecule has 1 heterocycles. The van der Waals surface area contributed by atoms with Crippen molar-refractivity contribution in [2.24, 2.45) is 5.92 Å². The number of furan rings is 1. The van der Waals surface area contributed by atoms with Crippen LogP contribution in [-0.2, 0) is 4.79 Å². The predicted octanol–water partition coefficient (Wildman–Crippen LogP) is 3.69. The molecule has 2 rings (SSSR count). The number of nitrogens with one attached hydrogen (secondary N) is 1. The molecular formula is C16H25NO3S. The summed E-state index contributed by atoms with van der Waals surface area (Å²) in [5.74, 6) is 1.43. The van der Waals surface area contributed by atoms with Crippen LogP contribution in [0.15, 0.2) is 21.6 Å². The Bertz CT molecular complexity index is 474. The quantitative estimate of drug-likeness (QED) is 0.717. The van der Waals surface area contributed by atoms with E-state index in [0.29, 0.717) is 0 Å². The molecule has 0 aromatic carbocycles. The molecule has 1 aromatic rings. The van der Waals surface area contributed by atoms with Gasteiger partial charge in [-0.1, -0.05) is 13.3 Å². The van der Waals surface area contributed by atoms with Gasteiger partial charge >= 0.3 is 5.97 Å². The van der Waals surface area contributed by atoms with Crippen molar-refractivity contribution in [2.45, 2.75) is 56.4 Å². The minimum Gasteiger partial charge on any atom is -0.480 e. The van der Waals surface area contributed by atoms with Crippen molar-refractivity contribution in [2.75, 3.05) is 12.3 Å². The van der Waals surface area contributed by atoms with Crippen LogP contribution >= 0.6 is 11.8 Å². The van der Waals surface area contributed by atoms with Crippen molar-refractivity contribution in [1.82, 2.24) is 5.32 Å². The van der Waals surface area contributed by atoms with E-state index in [1.54, 1.807) is 18.0 Å². The van der Waals surface area contributed by atoms with Crippen LogP contribution in [0, 0.1) is 12.8 Å². The lowest BCUT2D eigenvalue weighted by Crippen LogP contribution is -2.55. The topological polar surface area (TPSA) is 62.5 Å². The smallest absolute Gasteiger partial charge is 0.324 e. The van der Waals surface area contributed by atoms with Gasteiger partial charge in [-0.2, -0.15) is 0 Å². The molecule has 1 aromatic heterocycles. The molecule has 0 spiro atoms. The molecule has 0 aliphatic heterocycles.